The first-order valence-corrected chi connectivity index (χ1v) is 7.23. The highest BCUT2D eigenvalue weighted by atomic mass is 19.4. The molecule has 1 amide bonds. The van der Waals surface area contributed by atoms with Crippen LogP contribution < -0.4 is 5.32 Å². The minimum atomic E-state index is -4.71. The summed E-state index contributed by atoms with van der Waals surface area (Å²) in [6.07, 6.45) is -6.30. The van der Waals surface area contributed by atoms with Gasteiger partial charge in [-0.25, -0.2) is 13.6 Å². The van der Waals surface area contributed by atoms with Crippen molar-refractivity contribution in [2.24, 2.45) is 0 Å². The van der Waals surface area contributed by atoms with Crippen molar-refractivity contribution in [1.82, 2.24) is 0 Å². The van der Waals surface area contributed by atoms with Gasteiger partial charge >= 0.3 is 12.1 Å². The average Bonchev–Trinajstić information content (AvgIpc) is 2.54. The molecule has 0 aromatic heterocycles. The number of hydrogen-bond donors (Lipinski definition) is 1. The lowest BCUT2D eigenvalue weighted by atomic mass is 10.1. The summed E-state index contributed by atoms with van der Waals surface area (Å²) in [7, 11) is 0. The van der Waals surface area contributed by atoms with Crippen molar-refractivity contribution < 1.29 is 36.3 Å². The Morgan fingerprint density at radius 3 is 2.15 bits per heavy atom. The van der Waals surface area contributed by atoms with Gasteiger partial charge in [0, 0.05) is 0 Å². The third kappa shape index (κ3) is 4.35. The van der Waals surface area contributed by atoms with Crippen LogP contribution in [0.4, 0.5) is 27.6 Å². The van der Waals surface area contributed by atoms with Gasteiger partial charge in [-0.05, 0) is 31.2 Å². The van der Waals surface area contributed by atoms with E-state index in [0.717, 1.165) is 43.3 Å². The molecule has 2 aromatic rings. The quantitative estimate of drug-likeness (QED) is 0.647. The molecule has 1 atom stereocenters. The lowest BCUT2D eigenvalue weighted by Gasteiger charge is -2.17. The summed E-state index contributed by atoms with van der Waals surface area (Å²) in [5.74, 6) is -4.92. The Kier molecular flexibility index (Phi) is 5.59. The molecule has 9 heteroatoms. The number of rotatable bonds is 4. The van der Waals surface area contributed by atoms with E-state index >= 15 is 0 Å². The second kappa shape index (κ2) is 7.51. The molecule has 0 aliphatic heterocycles. The van der Waals surface area contributed by atoms with Crippen molar-refractivity contribution in [2.45, 2.75) is 19.2 Å². The molecule has 0 heterocycles. The molecule has 0 fully saturated rings. The largest absolute Gasteiger partial charge is 0.449 e. The van der Waals surface area contributed by atoms with Crippen molar-refractivity contribution in [3.63, 3.8) is 0 Å². The van der Waals surface area contributed by atoms with Crippen LogP contribution in [0.5, 0.6) is 0 Å². The normalized spacial score (nSPS) is 12.4. The molecule has 2 rings (SSSR count). The van der Waals surface area contributed by atoms with Gasteiger partial charge in [0.25, 0.3) is 5.91 Å². The molecular weight excluding hydrogens is 361 g/mol. The molecule has 0 aliphatic carbocycles. The van der Waals surface area contributed by atoms with Crippen LogP contribution in [0.15, 0.2) is 42.5 Å². The smallest absolute Gasteiger partial charge is 0.418 e. The molecule has 0 saturated heterocycles. The van der Waals surface area contributed by atoms with Gasteiger partial charge in [-0.1, -0.05) is 18.2 Å². The predicted molar refractivity (Wildman–Crippen MR) is 81.3 cm³/mol. The van der Waals surface area contributed by atoms with E-state index in [2.05, 4.69) is 4.74 Å². The Morgan fingerprint density at radius 1 is 1.00 bits per heavy atom. The van der Waals surface area contributed by atoms with Crippen LogP contribution >= 0.6 is 0 Å². The zero-order valence-corrected chi connectivity index (χ0v) is 13.2. The number of ether oxygens (including phenoxy) is 1. The molecule has 138 valence electrons. The molecule has 26 heavy (non-hydrogen) atoms. The first-order valence-electron chi connectivity index (χ1n) is 7.23. The van der Waals surface area contributed by atoms with Gasteiger partial charge in [-0.2, -0.15) is 13.2 Å². The molecule has 1 N–H and O–H groups in total. The molecule has 2 aromatic carbocycles. The van der Waals surface area contributed by atoms with Gasteiger partial charge in [0.15, 0.2) is 6.10 Å². The van der Waals surface area contributed by atoms with E-state index in [-0.39, 0.29) is 0 Å². The van der Waals surface area contributed by atoms with E-state index in [1.54, 1.807) is 0 Å². The maximum absolute atomic E-state index is 13.5. The number of amides is 1. The zero-order valence-electron chi connectivity index (χ0n) is 13.2. The number of carbonyl (C=O) groups excluding carboxylic acids is 2. The van der Waals surface area contributed by atoms with Crippen LogP contribution in [0, 0.1) is 11.6 Å². The van der Waals surface area contributed by atoms with Gasteiger partial charge in [-0.15, -0.1) is 0 Å². The number of carbonyl (C=O) groups is 2. The van der Waals surface area contributed by atoms with E-state index in [1.165, 1.54) is 6.07 Å². The molecule has 0 spiro atoms. The third-order valence-corrected chi connectivity index (χ3v) is 3.31. The van der Waals surface area contributed by atoms with Crippen molar-refractivity contribution in [1.29, 1.82) is 0 Å². The highest BCUT2D eigenvalue weighted by Gasteiger charge is 2.34. The Bertz CT molecular complexity index is 815. The molecular formula is C17H12F5NO3. The molecule has 0 aliphatic rings. The van der Waals surface area contributed by atoms with E-state index in [1.807, 2.05) is 5.32 Å². The van der Waals surface area contributed by atoms with Crippen molar-refractivity contribution >= 4 is 17.6 Å². The van der Waals surface area contributed by atoms with Crippen LogP contribution in [0.2, 0.25) is 0 Å². The minimum Gasteiger partial charge on any atom is -0.449 e. The average molecular weight is 373 g/mol. The van der Waals surface area contributed by atoms with Crippen molar-refractivity contribution in [2.75, 3.05) is 5.32 Å². The summed E-state index contributed by atoms with van der Waals surface area (Å²) >= 11 is 0. The van der Waals surface area contributed by atoms with Gasteiger partial charge in [0.05, 0.1) is 11.3 Å². The summed E-state index contributed by atoms with van der Waals surface area (Å²) in [6, 6.07) is 6.88. The van der Waals surface area contributed by atoms with Crippen LogP contribution in [-0.2, 0) is 15.7 Å². The fourth-order valence-corrected chi connectivity index (χ4v) is 2.04. The van der Waals surface area contributed by atoms with E-state index in [9.17, 15) is 31.5 Å². The van der Waals surface area contributed by atoms with Crippen LogP contribution in [0.3, 0.4) is 0 Å². The van der Waals surface area contributed by atoms with Crippen molar-refractivity contribution in [3.8, 4) is 0 Å². The van der Waals surface area contributed by atoms with Gasteiger partial charge < -0.3 is 10.1 Å². The number of nitrogens with one attached hydrogen (secondary N) is 1. The summed E-state index contributed by atoms with van der Waals surface area (Å²) in [5.41, 5.74) is -2.63. The van der Waals surface area contributed by atoms with Gasteiger partial charge in [-0.3, -0.25) is 4.79 Å². The zero-order chi connectivity index (χ0) is 19.5. The summed E-state index contributed by atoms with van der Waals surface area (Å²) < 4.78 is 70.4. The molecule has 1 unspecified atom stereocenters. The molecule has 4 nitrogen and oxygen atoms in total. The Balaban J connectivity index is 2.13. The first kappa shape index (κ1) is 19.4. The lowest BCUT2D eigenvalue weighted by molar-refractivity contribution is -0.137. The number of alkyl halides is 3. The third-order valence-electron chi connectivity index (χ3n) is 3.31. The predicted octanol–water partition coefficient (Wildman–Crippen LogP) is 4.17. The highest BCUT2D eigenvalue weighted by Crippen LogP contribution is 2.34. The van der Waals surface area contributed by atoms with Crippen LogP contribution in [-0.4, -0.2) is 18.0 Å². The van der Waals surface area contributed by atoms with E-state index < -0.39 is 52.6 Å². The summed E-state index contributed by atoms with van der Waals surface area (Å²) in [4.78, 5) is 23.8. The Labute approximate surface area is 144 Å². The van der Waals surface area contributed by atoms with Gasteiger partial charge in [0.1, 0.15) is 17.2 Å². The number of hydrogen-bond acceptors (Lipinski definition) is 3. The number of para-hydroxylation sites is 1. The van der Waals surface area contributed by atoms with Gasteiger partial charge in [0.2, 0.25) is 0 Å². The minimum absolute atomic E-state index is 0.537. The highest BCUT2D eigenvalue weighted by molar-refractivity contribution is 5.98. The number of benzene rings is 2. The number of anilines is 1. The first-order chi connectivity index (χ1) is 12.1. The fourth-order valence-electron chi connectivity index (χ4n) is 2.04. The SMILES string of the molecule is CC(OC(=O)c1c(F)cccc1F)C(=O)Nc1ccccc1C(F)(F)F. The Hall–Kier alpha value is -2.97. The van der Waals surface area contributed by atoms with E-state index in [4.69, 9.17) is 0 Å². The Morgan fingerprint density at radius 2 is 1.58 bits per heavy atom. The van der Waals surface area contributed by atoms with Crippen LogP contribution in [0.25, 0.3) is 0 Å². The monoisotopic (exact) mass is 373 g/mol. The number of esters is 1. The van der Waals surface area contributed by atoms with Crippen molar-refractivity contribution in [3.05, 3.63) is 65.2 Å². The maximum atomic E-state index is 13.5. The standard InChI is InChI=1S/C17H12F5NO3/c1-9(26-16(25)14-11(18)6-4-7-12(14)19)15(24)23-13-8-3-2-5-10(13)17(20,21)22/h2-9H,1H3,(H,23,24). The summed E-state index contributed by atoms with van der Waals surface area (Å²) in [5, 5.41) is 1.98. The maximum Gasteiger partial charge on any atom is 0.418 e. The van der Waals surface area contributed by atoms with E-state index in [0.29, 0.717) is 0 Å². The second-order valence-corrected chi connectivity index (χ2v) is 5.18. The topological polar surface area (TPSA) is 55.4 Å². The number of halogens is 5. The molecule has 0 saturated carbocycles. The van der Waals surface area contributed by atoms with Crippen LogP contribution in [0.1, 0.15) is 22.8 Å². The molecule has 0 bridgehead atoms. The summed E-state index contributed by atoms with van der Waals surface area (Å²) in [6.45, 7) is 1.06. The molecule has 0 radical (unpaired) electrons. The second-order valence-electron chi connectivity index (χ2n) is 5.18. The lowest BCUT2D eigenvalue weighted by Crippen LogP contribution is -2.31. The fraction of sp³-hybridized carbons (Fsp3) is 0.176.